The first-order valence-electron chi connectivity index (χ1n) is 4.38. The first-order chi connectivity index (χ1) is 5.73. The predicted molar refractivity (Wildman–Crippen MR) is 50.1 cm³/mol. The molecule has 2 radical (unpaired) electrons. The minimum absolute atomic E-state index is 0.0410. The Morgan fingerprint density at radius 2 is 2.50 bits per heavy atom. The highest BCUT2D eigenvalue weighted by Crippen LogP contribution is 2.53. The quantitative estimate of drug-likeness (QED) is 0.603. The van der Waals surface area contributed by atoms with Gasteiger partial charge in [0.05, 0.1) is 10.9 Å². The lowest BCUT2D eigenvalue weighted by molar-refractivity contribution is -0.120. The van der Waals surface area contributed by atoms with Crippen molar-refractivity contribution >= 4 is 19.8 Å². The molecule has 4 heteroatoms. The van der Waals surface area contributed by atoms with E-state index in [9.17, 15) is 0 Å². The maximum Gasteiger partial charge on any atom is 0.286 e. The number of thioether (sulfide) groups is 1. The van der Waals surface area contributed by atoms with Gasteiger partial charge in [-0.1, -0.05) is 13.8 Å². The summed E-state index contributed by atoms with van der Waals surface area (Å²) in [5, 5.41) is 0.440. The van der Waals surface area contributed by atoms with E-state index in [1.165, 1.54) is 0 Å². The smallest absolute Gasteiger partial charge is 0.286 e. The van der Waals surface area contributed by atoms with Crippen LogP contribution in [-0.4, -0.2) is 30.9 Å². The highest BCUT2D eigenvalue weighted by atomic mass is 32.2. The van der Waals surface area contributed by atoms with Crippen LogP contribution in [0.3, 0.4) is 0 Å². The van der Waals surface area contributed by atoms with E-state index in [4.69, 9.17) is 17.4 Å². The number of rotatable bonds is 2. The van der Waals surface area contributed by atoms with Gasteiger partial charge in [0.2, 0.25) is 0 Å². The normalized spacial score (nSPS) is 51.7. The van der Waals surface area contributed by atoms with Gasteiger partial charge < -0.3 is 9.39 Å². The zero-order valence-electron chi connectivity index (χ0n) is 7.45. The van der Waals surface area contributed by atoms with Crippen molar-refractivity contribution in [1.82, 2.24) is 0 Å². The molecule has 2 saturated heterocycles. The molecular weight excluding hydrogens is 171 g/mol. The average molecular weight is 184 g/mol. The van der Waals surface area contributed by atoms with Gasteiger partial charge in [-0.3, -0.25) is 0 Å². The van der Waals surface area contributed by atoms with Gasteiger partial charge in [-0.15, -0.1) is 11.8 Å². The van der Waals surface area contributed by atoms with Gasteiger partial charge in [-0.05, 0) is 6.42 Å². The van der Waals surface area contributed by atoms with Crippen LogP contribution in [-0.2, 0) is 9.39 Å². The van der Waals surface area contributed by atoms with E-state index in [-0.39, 0.29) is 11.9 Å². The zero-order chi connectivity index (χ0) is 8.77. The number of hydrogen-bond acceptors (Lipinski definition) is 3. The summed E-state index contributed by atoms with van der Waals surface area (Å²) in [6.45, 7) is 4.39. The molecule has 12 heavy (non-hydrogen) atoms. The van der Waals surface area contributed by atoms with E-state index < -0.39 is 0 Å². The van der Waals surface area contributed by atoms with Gasteiger partial charge in [0.25, 0.3) is 8.05 Å². The lowest BCUT2D eigenvalue weighted by Gasteiger charge is -2.29. The minimum Gasteiger partial charge on any atom is -0.424 e. The Labute approximate surface area is 78.8 Å². The van der Waals surface area contributed by atoms with Crippen molar-refractivity contribution in [1.29, 1.82) is 0 Å². The fraction of sp³-hybridized carbons (Fsp3) is 1.00. The van der Waals surface area contributed by atoms with E-state index in [1.54, 1.807) is 0 Å². The first kappa shape index (κ1) is 8.91. The highest BCUT2D eigenvalue weighted by molar-refractivity contribution is 8.00. The Hall–Kier alpha value is 0.335. The van der Waals surface area contributed by atoms with Gasteiger partial charge in [0, 0.05) is 11.7 Å². The van der Waals surface area contributed by atoms with Crippen LogP contribution < -0.4 is 0 Å². The predicted octanol–water partition coefficient (Wildman–Crippen LogP) is 1.34. The molecule has 2 aliphatic heterocycles. The third-order valence-electron chi connectivity index (χ3n) is 3.19. The lowest BCUT2D eigenvalue weighted by atomic mass is 9.88. The summed E-state index contributed by atoms with van der Waals surface area (Å²) in [7, 11) is 5.16. The van der Waals surface area contributed by atoms with Crippen LogP contribution in [0.15, 0.2) is 0 Å². The minimum atomic E-state index is -0.182. The molecule has 0 aromatic rings. The van der Waals surface area contributed by atoms with Gasteiger partial charge in [0.1, 0.15) is 0 Å². The molecule has 1 unspecified atom stereocenters. The maximum absolute atomic E-state index is 5.79. The summed E-state index contributed by atoms with van der Waals surface area (Å²) in [4.78, 5) is 0. The molecule has 0 aromatic heterocycles. The highest BCUT2D eigenvalue weighted by Gasteiger charge is 2.57. The van der Waals surface area contributed by atoms with Gasteiger partial charge in [-0.2, -0.15) is 0 Å². The topological polar surface area (TPSA) is 18.5 Å². The van der Waals surface area contributed by atoms with Crippen LogP contribution in [0.2, 0.25) is 0 Å². The van der Waals surface area contributed by atoms with Crippen LogP contribution in [0.4, 0.5) is 0 Å². The summed E-state index contributed by atoms with van der Waals surface area (Å²) in [6.07, 6.45) is 0.871. The van der Waals surface area contributed by atoms with E-state index in [2.05, 4.69) is 13.8 Å². The van der Waals surface area contributed by atoms with Gasteiger partial charge >= 0.3 is 0 Å². The van der Waals surface area contributed by atoms with Crippen molar-refractivity contribution in [3.63, 3.8) is 0 Å². The fourth-order valence-corrected chi connectivity index (χ4v) is 4.00. The molecule has 0 saturated carbocycles. The van der Waals surface area contributed by atoms with Crippen LogP contribution in [0.25, 0.3) is 0 Å². The Bertz CT molecular complexity index is 190. The molecule has 2 fully saturated rings. The number of ether oxygens (including phenoxy) is 1. The van der Waals surface area contributed by atoms with Crippen molar-refractivity contribution in [2.24, 2.45) is 5.92 Å². The van der Waals surface area contributed by atoms with E-state index in [0.717, 1.165) is 12.2 Å². The molecular formula is C8H13BO2S. The Kier molecular flexibility index (Phi) is 2.17. The Morgan fingerprint density at radius 3 is 2.92 bits per heavy atom. The molecule has 2 heterocycles. The maximum atomic E-state index is 5.79. The number of hydrogen-bond donors (Lipinski definition) is 0. The Balaban J connectivity index is 2.18. The second-order valence-electron chi connectivity index (χ2n) is 3.60. The van der Waals surface area contributed by atoms with Crippen molar-refractivity contribution in [2.45, 2.75) is 37.4 Å². The molecule has 0 aromatic carbocycles. The van der Waals surface area contributed by atoms with Gasteiger partial charge in [0.15, 0.2) is 6.29 Å². The van der Waals surface area contributed by atoms with Crippen molar-refractivity contribution < 1.29 is 9.39 Å². The summed E-state index contributed by atoms with van der Waals surface area (Å²) >= 11 is 1.93. The molecule has 2 rings (SSSR count). The lowest BCUT2D eigenvalue weighted by Crippen LogP contribution is -2.35. The molecule has 0 spiro atoms. The molecule has 0 N–H and O–H groups in total. The third-order valence-corrected chi connectivity index (χ3v) is 4.87. The zero-order valence-corrected chi connectivity index (χ0v) is 8.26. The largest absolute Gasteiger partial charge is 0.424 e. The Morgan fingerprint density at radius 1 is 1.75 bits per heavy atom. The van der Waals surface area contributed by atoms with Crippen LogP contribution in [0.5, 0.6) is 0 Å². The van der Waals surface area contributed by atoms with E-state index >= 15 is 0 Å². The second-order valence-corrected chi connectivity index (χ2v) is 4.77. The molecule has 0 aliphatic carbocycles. The summed E-state index contributed by atoms with van der Waals surface area (Å²) in [5.41, 5.74) is 0.0410. The molecule has 66 valence electrons. The molecule has 2 nitrogen and oxygen atoms in total. The van der Waals surface area contributed by atoms with Crippen molar-refractivity contribution in [3.8, 4) is 0 Å². The molecule has 2 aliphatic rings. The fourth-order valence-electron chi connectivity index (χ4n) is 2.18. The standard InChI is InChI=1S/C8H13BO2S/c1-3-8-4-12-6(5(8)2)7(10-8)11-9/h5-7H,3-4H2,1-2H3/t5-,6?,7-,8+/m0/s1. The summed E-state index contributed by atoms with van der Waals surface area (Å²) in [6, 6.07) is 0. The van der Waals surface area contributed by atoms with Crippen LogP contribution in [0.1, 0.15) is 20.3 Å². The molecule has 2 bridgehead atoms. The van der Waals surface area contributed by atoms with Crippen LogP contribution >= 0.6 is 11.8 Å². The van der Waals surface area contributed by atoms with E-state index in [0.29, 0.717) is 11.2 Å². The van der Waals surface area contributed by atoms with E-state index in [1.807, 2.05) is 11.8 Å². The molecule has 0 amide bonds. The van der Waals surface area contributed by atoms with Crippen molar-refractivity contribution in [3.05, 3.63) is 0 Å². The summed E-state index contributed by atoms with van der Waals surface area (Å²) < 4.78 is 10.6. The van der Waals surface area contributed by atoms with Gasteiger partial charge in [-0.25, -0.2) is 0 Å². The average Bonchev–Trinajstić information content (AvgIpc) is 2.58. The second kappa shape index (κ2) is 2.93. The van der Waals surface area contributed by atoms with Crippen molar-refractivity contribution in [2.75, 3.05) is 5.75 Å². The first-order valence-corrected chi connectivity index (χ1v) is 5.43. The number of fused-ring (bicyclic) bond motifs is 2. The third kappa shape index (κ3) is 0.979. The summed E-state index contributed by atoms with van der Waals surface area (Å²) in [5.74, 6) is 1.66. The van der Waals surface area contributed by atoms with Crippen LogP contribution in [0, 0.1) is 5.92 Å². The SMILES string of the molecule is [B]O[C@@H]1O[C@]2(CC)CSC1[C@@H]2C. The molecule has 4 atom stereocenters. The monoisotopic (exact) mass is 184 g/mol.